The fourth-order valence-corrected chi connectivity index (χ4v) is 1.59. The van der Waals surface area contributed by atoms with Crippen molar-refractivity contribution in [2.45, 2.75) is 12.8 Å². The molecule has 3 nitrogen and oxygen atoms in total. The molecule has 1 N–H and O–H groups in total. The summed E-state index contributed by atoms with van der Waals surface area (Å²) < 4.78 is 18.3. The number of oxazole rings is 1. The first-order valence-electron chi connectivity index (χ1n) is 5.65. The molecule has 1 aromatic heterocycles. The van der Waals surface area contributed by atoms with Crippen LogP contribution in [0.1, 0.15) is 12.2 Å². The molecule has 0 aliphatic rings. The number of halogens is 1. The lowest BCUT2D eigenvalue weighted by Crippen LogP contribution is -2.08. The van der Waals surface area contributed by atoms with E-state index < -0.39 is 0 Å². The number of benzene rings is 1. The van der Waals surface area contributed by atoms with Crippen LogP contribution in [0.2, 0.25) is 0 Å². The third-order valence-corrected chi connectivity index (χ3v) is 2.49. The highest BCUT2D eigenvalue weighted by Gasteiger charge is 2.06. The lowest BCUT2D eigenvalue weighted by Gasteiger charge is -1.97. The van der Waals surface area contributed by atoms with Crippen LogP contribution >= 0.6 is 0 Å². The molecule has 1 heterocycles. The molecule has 0 aliphatic heterocycles. The molecule has 1 aromatic carbocycles. The molecule has 0 fully saturated rings. The van der Waals surface area contributed by atoms with E-state index in [0.717, 1.165) is 30.7 Å². The summed E-state index contributed by atoms with van der Waals surface area (Å²) >= 11 is 0. The van der Waals surface area contributed by atoms with E-state index in [0.29, 0.717) is 5.89 Å². The highest BCUT2D eigenvalue weighted by Crippen LogP contribution is 2.19. The van der Waals surface area contributed by atoms with E-state index in [1.54, 1.807) is 18.3 Å². The minimum atomic E-state index is -0.255. The summed E-state index contributed by atoms with van der Waals surface area (Å²) in [5.74, 6) is 1.15. The summed E-state index contributed by atoms with van der Waals surface area (Å²) in [5.41, 5.74) is 0.797. The Hall–Kier alpha value is -1.68. The van der Waals surface area contributed by atoms with E-state index in [9.17, 15) is 4.39 Å². The van der Waals surface area contributed by atoms with Gasteiger partial charge in [0.1, 0.15) is 11.6 Å². The lowest BCUT2D eigenvalue weighted by atomic mass is 10.2. The number of aromatic nitrogens is 1. The van der Waals surface area contributed by atoms with Gasteiger partial charge in [0.2, 0.25) is 5.89 Å². The molecule has 0 spiro atoms. The van der Waals surface area contributed by atoms with Crippen LogP contribution in [-0.4, -0.2) is 18.6 Å². The van der Waals surface area contributed by atoms with Gasteiger partial charge in [-0.3, -0.25) is 0 Å². The summed E-state index contributed by atoms with van der Waals surface area (Å²) in [6, 6.07) is 6.14. The summed E-state index contributed by atoms with van der Waals surface area (Å²) in [4.78, 5) is 4.19. The first kappa shape index (κ1) is 11.8. The number of nitrogens with one attached hydrogen (secondary N) is 1. The average Bonchev–Trinajstić information content (AvgIpc) is 2.79. The molecule has 0 saturated carbocycles. The van der Waals surface area contributed by atoms with Gasteiger partial charge in [0, 0.05) is 12.0 Å². The standard InChI is InChI=1S/C13H15FN2O/c1-15-8-2-3-12-9-16-13(17-12)10-4-6-11(14)7-5-10/h4-7,9,15H,2-3,8H2,1H3. The monoisotopic (exact) mass is 234 g/mol. The zero-order chi connectivity index (χ0) is 12.1. The molecule has 4 heteroatoms. The Morgan fingerprint density at radius 1 is 1.29 bits per heavy atom. The number of hydrogen-bond donors (Lipinski definition) is 1. The first-order valence-corrected chi connectivity index (χ1v) is 5.65. The van der Waals surface area contributed by atoms with Gasteiger partial charge >= 0.3 is 0 Å². The minimum absolute atomic E-state index is 0.255. The Bertz CT molecular complexity index is 465. The second-order valence-corrected chi connectivity index (χ2v) is 3.85. The topological polar surface area (TPSA) is 38.1 Å². The fourth-order valence-electron chi connectivity index (χ4n) is 1.59. The highest BCUT2D eigenvalue weighted by molar-refractivity contribution is 5.52. The Morgan fingerprint density at radius 2 is 2.06 bits per heavy atom. The van der Waals surface area contributed by atoms with Crippen molar-refractivity contribution in [1.82, 2.24) is 10.3 Å². The smallest absolute Gasteiger partial charge is 0.226 e. The van der Waals surface area contributed by atoms with Crippen LogP contribution in [0.4, 0.5) is 4.39 Å². The van der Waals surface area contributed by atoms with E-state index in [1.807, 2.05) is 7.05 Å². The maximum Gasteiger partial charge on any atom is 0.226 e. The second kappa shape index (κ2) is 5.59. The van der Waals surface area contributed by atoms with Crippen molar-refractivity contribution < 1.29 is 8.81 Å². The third kappa shape index (κ3) is 3.14. The van der Waals surface area contributed by atoms with Crippen LogP contribution in [-0.2, 0) is 6.42 Å². The van der Waals surface area contributed by atoms with Gasteiger partial charge < -0.3 is 9.73 Å². The number of nitrogens with zero attached hydrogens (tertiary/aromatic N) is 1. The minimum Gasteiger partial charge on any atom is -0.441 e. The molecule has 90 valence electrons. The van der Waals surface area contributed by atoms with Crippen molar-refractivity contribution in [3.63, 3.8) is 0 Å². The lowest BCUT2D eigenvalue weighted by molar-refractivity contribution is 0.507. The zero-order valence-corrected chi connectivity index (χ0v) is 9.74. The predicted molar refractivity (Wildman–Crippen MR) is 64.1 cm³/mol. The molecule has 17 heavy (non-hydrogen) atoms. The van der Waals surface area contributed by atoms with E-state index >= 15 is 0 Å². The number of rotatable bonds is 5. The summed E-state index contributed by atoms with van der Waals surface area (Å²) in [7, 11) is 1.92. The highest BCUT2D eigenvalue weighted by atomic mass is 19.1. The van der Waals surface area contributed by atoms with Gasteiger partial charge in [0.25, 0.3) is 0 Å². The van der Waals surface area contributed by atoms with Gasteiger partial charge in [0.15, 0.2) is 0 Å². The molecule has 0 radical (unpaired) electrons. The van der Waals surface area contributed by atoms with Crippen molar-refractivity contribution in [3.8, 4) is 11.5 Å². The van der Waals surface area contributed by atoms with E-state index in [-0.39, 0.29) is 5.82 Å². The van der Waals surface area contributed by atoms with Crippen LogP contribution in [0.15, 0.2) is 34.9 Å². The van der Waals surface area contributed by atoms with Gasteiger partial charge in [-0.1, -0.05) is 0 Å². The summed E-state index contributed by atoms with van der Waals surface area (Å²) in [6.07, 6.45) is 3.60. The summed E-state index contributed by atoms with van der Waals surface area (Å²) in [5, 5.41) is 3.08. The van der Waals surface area contributed by atoms with E-state index in [1.165, 1.54) is 12.1 Å². The van der Waals surface area contributed by atoms with Gasteiger partial charge in [-0.25, -0.2) is 9.37 Å². The number of aryl methyl sites for hydroxylation is 1. The average molecular weight is 234 g/mol. The maximum atomic E-state index is 12.8. The second-order valence-electron chi connectivity index (χ2n) is 3.85. The molecule has 2 aromatic rings. The van der Waals surface area contributed by atoms with Gasteiger partial charge in [-0.15, -0.1) is 0 Å². The van der Waals surface area contributed by atoms with E-state index in [4.69, 9.17) is 4.42 Å². The molecule has 2 rings (SSSR count). The van der Waals surface area contributed by atoms with Crippen LogP contribution in [0, 0.1) is 5.82 Å². The SMILES string of the molecule is CNCCCc1cnc(-c2ccc(F)cc2)o1. The van der Waals surface area contributed by atoms with Crippen molar-refractivity contribution in [1.29, 1.82) is 0 Å². The van der Waals surface area contributed by atoms with Crippen LogP contribution in [0.3, 0.4) is 0 Å². The van der Waals surface area contributed by atoms with Crippen molar-refractivity contribution in [2.24, 2.45) is 0 Å². The van der Waals surface area contributed by atoms with Crippen LogP contribution < -0.4 is 5.32 Å². The van der Waals surface area contributed by atoms with E-state index in [2.05, 4.69) is 10.3 Å². The fraction of sp³-hybridized carbons (Fsp3) is 0.308. The van der Waals surface area contributed by atoms with Crippen molar-refractivity contribution >= 4 is 0 Å². The Balaban J connectivity index is 2.04. The van der Waals surface area contributed by atoms with Gasteiger partial charge in [-0.2, -0.15) is 0 Å². The number of hydrogen-bond acceptors (Lipinski definition) is 3. The molecule has 0 unspecified atom stereocenters. The van der Waals surface area contributed by atoms with Crippen molar-refractivity contribution in [3.05, 3.63) is 42.0 Å². The Morgan fingerprint density at radius 3 is 2.76 bits per heavy atom. The quantitative estimate of drug-likeness (QED) is 0.808. The molecule has 0 amide bonds. The normalized spacial score (nSPS) is 10.7. The summed E-state index contributed by atoms with van der Waals surface area (Å²) in [6.45, 7) is 0.951. The van der Waals surface area contributed by atoms with Crippen LogP contribution in [0.25, 0.3) is 11.5 Å². The van der Waals surface area contributed by atoms with Crippen LogP contribution in [0.5, 0.6) is 0 Å². The largest absolute Gasteiger partial charge is 0.441 e. The van der Waals surface area contributed by atoms with Gasteiger partial charge in [0.05, 0.1) is 6.20 Å². The third-order valence-electron chi connectivity index (χ3n) is 2.49. The molecule has 0 atom stereocenters. The zero-order valence-electron chi connectivity index (χ0n) is 9.74. The molecule has 0 saturated heterocycles. The molecular weight excluding hydrogens is 219 g/mol. The van der Waals surface area contributed by atoms with Gasteiger partial charge in [-0.05, 0) is 44.3 Å². The molecule has 0 bridgehead atoms. The first-order chi connectivity index (χ1) is 8.29. The molecular formula is C13H15FN2O. The Labute approximate surface area is 99.7 Å². The molecule has 0 aliphatic carbocycles. The van der Waals surface area contributed by atoms with Crippen molar-refractivity contribution in [2.75, 3.05) is 13.6 Å². The maximum absolute atomic E-state index is 12.8. The Kier molecular flexibility index (Phi) is 3.88. The predicted octanol–water partition coefficient (Wildman–Crippen LogP) is 2.63.